The second kappa shape index (κ2) is 11.2. The Morgan fingerprint density at radius 2 is 1.90 bits per heavy atom. The maximum atomic E-state index is 13.4. The lowest BCUT2D eigenvalue weighted by molar-refractivity contribution is -0.0487. The maximum absolute atomic E-state index is 13.4. The molecule has 6 rings (SSSR count). The minimum atomic E-state index is -4.16. The lowest BCUT2D eigenvalue weighted by Crippen LogP contribution is -2.35. The van der Waals surface area contributed by atoms with Crippen LogP contribution in [0.4, 0.5) is 5.95 Å². The molecular weight excluding hydrogens is 624 g/mol. The van der Waals surface area contributed by atoms with Gasteiger partial charge in [-0.2, -0.15) is 4.98 Å². The summed E-state index contributed by atoms with van der Waals surface area (Å²) in [7, 11) is 0. The first-order valence-corrected chi connectivity index (χ1v) is 17.7. The molecule has 0 spiro atoms. The van der Waals surface area contributed by atoms with Crippen molar-refractivity contribution in [1.29, 1.82) is 0 Å². The molecule has 0 radical (unpaired) electrons. The number of nitrogens with two attached hydrogens (primary N) is 1. The third-order valence-corrected chi connectivity index (χ3v) is 10.1. The molecular formula is C20H25N7O10P2S2. The summed E-state index contributed by atoms with van der Waals surface area (Å²) in [6.45, 7) is -8.81. The highest BCUT2D eigenvalue weighted by Crippen LogP contribution is 2.60. The number of imidazole rings is 1. The largest absolute Gasteiger partial charge is 0.474 e. The van der Waals surface area contributed by atoms with Crippen LogP contribution in [-0.4, -0.2) is 78.3 Å². The van der Waals surface area contributed by atoms with Crippen LogP contribution < -0.4 is 16.0 Å². The number of hydrogen-bond acceptors (Lipinski definition) is 15. The molecule has 0 amide bonds. The van der Waals surface area contributed by atoms with E-state index < -0.39 is 68.4 Å². The van der Waals surface area contributed by atoms with Crippen LogP contribution in [0.5, 0.6) is 5.88 Å². The molecule has 0 unspecified atom stereocenters. The zero-order valence-electron chi connectivity index (χ0n) is 20.9. The van der Waals surface area contributed by atoms with Gasteiger partial charge in [-0.05, 0) is 6.42 Å². The van der Waals surface area contributed by atoms with E-state index in [0.717, 1.165) is 0 Å². The Labute approximate surface area is 241 Å². The van der Waals surface area contributed by atoms with E-state index in [1.165, 1.54) is 23.4 Å². The average Bonchev–Trinajstić information content (AvgIpc) is 3.57. The van der Waals surface area contributed by atoms with Gasteiger partial charge in [0.1, 0.15) is 30.7 Å². The van der Waals surface area contributed by atoms with Crippen molar-refractivity contribution in [3.05, 3.63) is 35.3 Å². The van der Waals surface area contributed by atoms with Crippen molar-refractivity contribution in [3.63, 3.8) is 0 Å². The van der Waals surface area contributed by atoms with Gasteiger partial charge in [0.05, 0.1) is 25.6 Å². The van der Waals surface area contributed by atoms with Crippen LogP contribution >= 0.6 is 38.1 Å². The van der Waals surface area contributed by atoms with Crippen molar-refractivity contribution in [2.24, 2.45) is 5.92 Å². The zero-order valence-corrected chi connectivity index (χ0v) is 24.5. The molecule has 222 valence electrons. The number of rotatable bonds is 3. The van der Waals surface area contributed by atoms with Crippen molar-refractivity contribution in [2.45, 2.75) is 49.6 Å². The van der Waals surface area contributed by atoms with Gasteiger partial charge in [0.2, 0.25) is 11.8 Å². The Morgan fingerprint density at radius 1 is 1.12 bits per heavy atom. The van der Waals surface area contributed by atoms with E-state index in [0.29, 0.717) is 12.3 Å². The number of nitrogens with one attached hydrogen (secondary N) is 1. The summed E-state index contributed by atoms with van der Waals surface area (Å²) >= 11 is 8.25. The number of nitrogens with zero attached hydrogens (tertiary/aromatic N) is 5. The first-order chi connectivity index (χ1) is 19.5. The number of nitrogen functional groups attached to an aromatic ring is 1. The van der Waals surface area contributed by atoms with Crippen molar-refractivity contribution >= 4 is 55.2 Å². The molecule has 1 aliphatic carbocycles. The second-order valence-corrected chi connectivity index (χ2v) is 15.3. The van der Waals surface area contributed by atoms with Crippen LogP contribution in [0, 0.1) is 5.92 Å². The van der Waals surface area contributed by atoms with Gasteiger partial charge < -0.3 is 24.8 Å². The predicted molar refractivity (Wildman–Crippen MR) is 146 cm³/mol. The van der Waals surface area contributed by atoms with Gasteiger partial charge in [0.15, 0.2) is 17.4 Å². The number of H-pyrrole nitrogens is 1. The summed E-state index contributed by atoms with van der Waals surface area (Å²) in [6.07, 6.45) is -1.67. The first kappa shape index (κ1) is 29.0. The predicted octanol–water partition coefficient (Wildman–Crippen LogP) is 1.50. The van der Waals surface area contributed by atoms with Crippen molar-refractivity contribution in [1.82, 2.24) is 29.5 Å². The number of aromatic nitrogens is 6. The smallest absolute Gasteiger partial charge is 0.386 e. The number of anilines is 1. The number of fused-ring (bicyclic) bond motifs is 4. The van der Waals surface area contributed by atoms with Gasteiger partial charge in [-0.15, -0.1) is 0 Å². The molecule has 17 nitrogen and oxygen atoms in total. The second-order valence-electron chi connectivity index (χ2n) is 9.59. The highest BCUT2D eigenvalue weighted by atomic mass is 32.7. The lowest BCUT2D eigenvalue weighted by atomic mass is 10.1. The van der Waals surface area contributed by atoms with E-state index in [1.54, 1.807) is 6.07 Å². The molecule has 2 bridgehead atoms. The van der Waals surface area contributed by atoms with E-state index in [4.69, 9.17) is 33.3 Å². The number of aliphatic hydroxyl groups excluding tert-OH is 1. The monoisotopic (exact) mass is 649 g/mol. The Kier molecular flexibility index (Phi) is 7.95. The van der Waals surface area contributed by atoms with Crippen LogP contribution in [0.1, 0.15) is 19.1 Å². The van der Waals surface area contributed by atoms with Crippen molar-refractivity contribution < 1.29 is 41.8 Å². The number of hydrogen-bond donors (Lipinski definition) is 5. The van der Waals surface area contributed by atoms with Crippen molar-refractivity contribution in [3.8, 4) is 5.88 Å². The number of aromatic amines is 1. The van der Waals surface area contributed by atoms with E-state index in [-0.39, 0.29) is 30.1 Å². The Balaban J connectivity index is 1.28. The molecule has 2 aliphatic heterocycles. The average molecular weight is 650 g/mol. The maximum Gasteiger partial charge on any atom is 0.386 e. The summed E-state index contributed by atoms with van der Waals surface area (Å²) in [5, 5.41) is 11.1. The van der Waals surface area contributed by atoms with Gasteiger partial charge in [-0.3, -0.25) is 27.9 Å². The van der Waals surface area contributed by atoms with Crippen LogP contribution in [0.3, 0.4) is 0 Å². The first-order valence-electron chi connectivity index (χ1n) is 12.3. The minimum Gasteiger partial charge on any atom is -0.474 e. The van der Waals surface area contributed by atoms with Gasteiger partial charge in [0, 0.05) is 24.6 Å². The van der Waals surface area contributed by atoms with E-state index >= 15 is 0 Å². The third-order valence-electron chi connectivity index (χ3n) is 6.84. The topological polar surface area (TPSA) is 225 Å². The highest BCUT2D eigenvalue weighted by Gasteiger charge is 2.51. The molecule has 3 aromatic heterocycles. The molecule has 0 aromatic carbocycles. The summed E-state index contributed by atoms with van der Waals surface area (Å²) in [5.41, 5.74) is 5.05. The van der Waals surface area contributed by atoms with Gasteiger partial charge in [-0.25, -0.2) is 24.1 Å². The van der Waals surface area contributed by atoms with Gasteiger partial charge >= 0.3 is 13.6 Å². The van der Waals surface area contributed by atoms with Gasteiger partial charge in [-0.1, -0.05) is 24.5 Å². The molecule has 3 aliphatic rings. The number of aliphatic hydroxyl groups is 1. The summed E-state index contributed by atoms with van der Waals surface area (Å²) in [4.78, 5) is 30.7. The molecule has 41 heavy (non-hydrogen) atoms. The van der Waals surface area contributed by atoms with E-state index in [1.807, 2.05) is 0 Å². The summed E-state index contributed by atoms with van der Waals surface area (Å²) in [5.74, 6) is -0.319. The third kappa shape index (κ3) is 6.20. The summed E-state index contributed by atoms with van der Waals surface area (Å²) in [6, 6.07) is 1.59. The fourth-order valence-electron chi connectivity index (χ4n) is 5.02. The molecule has 4 N–H and O–H groups in total. The quantitative estimate of drug-likeness (QED) is 0.200. The molecule has 1 saturated carbocycles. The molecule has 3 aromatic rings. The SMILES string of the molecule is Nc1nc2c(ncn2[C@@H]2O[C@@H]3CO[P@](=O)(S)O[C@H]4C[C@H](Oc5ccncn5)C[C@@H]4CO[P@](=O)(S)O[C@@H]2[C@@H]3O)c(=O)[nH]1. The number of thiol groups is 2. The van der Waals surface area contributed by atoms with E-state index in [9.17, 15) is 19.0 Å². The molecule has 9 atom stereocenters. The zero-order chi connectivity index (χ0) is 28.9. The Morgan fingerprint density at radius 3 is 2.68 bits per heavy atom. The van der Waals surface area contributed by atoms with Gasteiger partial charge in [0.25, 0.3) is 5.56 Å². The van der Waals surface area contributed by atoms with Crippen LogP contribution in [0.15, 0.2) is 29.7 Å². The fraction of sp³-hybridized carbons (Fsp3) is 0.550. The molecule has 21 heteroatoms. The highest BCUT2D eigenvalue weighted by molar-refractivity contribution is 8.44. The molecule has 3 fully saturated rings. The van der Waals surface area contributed by atoms with Crippen LogP contribution in [-0.2, 0) is 32.0 Å². The molecule has 2 saturated heterocycles. The fourth-order valence-corrected chi connectivity index (χ4v) is 8.09. The summed E-state index contributed by atoms with van der Waals surface area (Å²) < 4.78 is 62.4. The lowest BCUT2D eigenvalue weighted by Gasteiger charge is -2.26. The Bertz CT molecular complexity index is 1580. The minimum absolute atomic E-state index is 0.0152. The molecule has 5 heterocycles. The van der Waals surface area contributed by atoms with E-state index in [2.05, 4.69) is 49.4 Å². The Hall–Kier alpha value is -2.05. The number of ether oxygens (including phenoxy) is 2. The van der Waals surface area contributed by atoms with Crippen molar-refractivity contribution in [2.75, 3.05) is 18.9 Å². The van der Waals surface area contributed by atoms with Crippen LogP contribution in [0.25, 0.3) is 11.2 Å². The normalized spacial score (nSPS) is 38.1. The standard InChI is InChI=1S/C20H25N7O10P2S2/c21-20-25-17-14(18(29)26-20)24-8-27(17)19-16-15(28)12(35-19)6-33-38(30,40)36-11-4-10(34-13-1-2-22-7-23-13)3-9(11)5-32-39(31,41)37-16/h1-2,7-12,15-16,19,28H,3-6H2,(H,30,40)(H,31,41)(H3,21,25,26,29)/t9-,10-,11+,12-,15-,16-,19-,38+,39+/m1/s1. The van der Waals surface area contributed by atoms with Crippen LogP contribution in [0.2, 0.25) is 0 Å².